The molecule has 0 aromatic heterocycles. The lowest BCUT2D eigenvalue weighted by atomic mass is 10.1. The van der Waals surface area contributed by atoms with Crippen LogP contribution in [0.25, 0.3) is 0 Å². The minimum Gasteiger partial charge on any atom is -0.372 e. The summed E-state index contributed by atoms with van der Waals surface area (Å²) in [5.74, 6) is 0. The zero-order valence-corrected chi connectivity index (χ0v) is 9.07. The van der Waals surface area contributed by atoms with Gasteiger partial charge in [-0.2, -0.15) is 0 Å². The van der Waals surface area contributed by atoms with Crippen LogP contribution in [-0.4, -0.2) is 30.2 Å². The number of nitrogens with zero attached hydrogens (tertiary/aromatic N) is 1. The van der Waals surface area contributed by atoms with Crippen LogP contribution in [0.5, 0.6) is 0 Å². The summed E-state index contributed by atoms with van der Waals surface area (Å²) in [5.41, 5.74) is 1.39. The molecule has 1 aliphatic heterocycles. The summed E-state index contributed by atoms with van der Waals surface area (Å²) >= 11 is 0. The van der Waals surface area contributed by atoms with Gasteiger partial charge in [0.2, 0.25) is 0 Å². The third kappa shape index (κ3) is 2.18. The van der Waals surface area contributed by atoms with Crippen LogP contribution in [0.2, 0.25) is 0 Å². The van der Waals surface area contributed by atoms with Crippen molar-refractivity contribution in [3.63, 3.8) is 0 Å². The van der Waals surface area contributed by atoms with Crippen LogP contribution >= 0.6 is 0 Å². The summed E-state index contributed by atoms with van der Waals surface area (Å²) in [4.78, 5) is 2.44. The van der Waals surface area contributed by atoms with Crippen LogP contribution in [0.4, 0.5) is 0 Å². The molecule has 0 radical (unpaired) electrons. The van der Waals surface area contributed by atoms with Gasteiger partial charge in [-0.05, 0) is 32.8 Å². The molecular weight excluding hydrogens is 174 g/mol. The molecule has 0 bridgehead atoms. The van der Waals surface area contributed by atoms with Gasteiger partial charge in [0.1, 0.15) is 0 Å². The zero-order valence-electron chi connectivity index (χ0n) is 9.07. The van der Waals surface area contributed by atoms with Gasteiger partial charge in [0, 0.05) is 18.8 Å². The van der Waals surface area contributed by atoms with Gasteiger partial charge < -0.3 is 9.64 Å². The van der Waals surface area contributed by atoms with Crippen molar-refractivity contribution in [3.05, 3.63) is 23.9 Å². The van der Waals surface area contributed by atoms with E-state index in [-0.39, 0.29) is 0 Å². The number of rotatable bonds is 1. The van der Waals surface area contributed by atoms with Crippen molar-refractivity contribution in [2.24, 2.45) is 0 Å². The molecule has 2 atom stereocenters. The van der Waals surface area contributed by atoms with E-state index in [1.165, 1.54) is 18.5 Å². The first-order valence-corrected chi connectivity index (χ1v) is 5.53. The summed E-state index contributed by atoms with van der Waals surface area (Å²) < 4.78 is 5.71. The number of hydrogen-bond acceptors (Lipinski definition) is 2. The topological polar surface area (TPSA) is 12.5 Å². The Kier molecular flexibility index (Phi) is 2.92. The van der Waals surface area contributed by atoms with E-state index in [1.807, 2.05) is 0 Å². The Bertz CT molecular complexity index is 247. The average Bonchev–Trinajstić information content (AvgIpc) is 2.18. The maximum Gasteiger partial charge on any atom is 0.0726 e. The molecule has 1 heterocycles. The molecule has 2 aliphatic rings. The van der Waals surface area contributed by atoms with Gasteiger partial charge in [0.15, 0.2) is 0 Å². The van der Waals surface area contributed by atoms with E-state index in [2.05, 4.69) is 37.0 Å². The SMILES string of the molecule is C[C@@H]1CN(C2=CCCC=C2)C[C@H](C)O1. The predicted octanol–water partition coefficient (Wildman–Crippen LogP) is 2.33. The van der Waals surface area contributed by atoms with Crippen LogP contribution in [0.15, 0.2) is 23.9 Å². The van der Waals surface area contributed by atoms with Gasteiger partial charge in [-0.3, -0.25) is 0 Å². The highest BCUT2D eigenvalue weighted by molar-refractivity contribution is 5.21. The van der Waals surface area contributed by atoms with Crippen molar-refractivity contribution >= 4 is 0 Å². The second-order valence-corrected chi connectivity index (χ2v) is 4.27. The number of hydrogen-bond donors (Lipinski definition) is 0. The molecule has 1 aliphatic carbocycles. The van der Waals surface area contributed by atoms with Crippen molar-refractivity contribution in [2.75, 3.05) is 13.1 Å². The minimum absolute atomic E-state index is 0.356. The Morgan fingerprint density at radius 3 is 2.50 bits per heavy atom. The highest BCUT2D eigenvalue weighted by Gasteiger charge is 2.22. The summed E-state index contributed by atoms with van der Waals surface area (Å²) in [6.45, 7) is 6.35. The Labute approximate surface area is 86.2 Å². The van der Waals surface area contributed by atoms with Crippen LogP contribution in [-0.2, 0) is 4.74 Å². The van der Waals surface area contributed by atoms with Crippen LogP contribution in [0, 0.1) is 0 Å². The summed E-state index contributed by atoms with van der Waals surface area (Å²) in [5, 5.41) is 0. The smallest absolute Gasteiger partial charge is 0.0726 e. The van der Waals surface area contributed by atoms with Crippen molar-refractivity contribution in [3.8, 4) is 0 Å². The third-order valence-electron chi connectivity index (χ3n) is 2.76. The molecule has 0 spiro atoms. The molecular formula is C12H19NO. The lowest BCUT2D eigenvalue weighted by Crippen LogP contribution is -2.44. The maximum atomic E-state index is 5.71. The number of allylic oxidation sites excluding steroid dienone is 3. The van der Waals surface area contributed by atoms with Gasteiger partial charge in [0.05, 0.1) is 12.2 Å². The maximum absolute atomic E-state index is 5.71. The third-order valence-corrected chi connectivity index (χ3v) is 2.76. The molecule has 0 N–H and O–H groups in total. The second kappa shape index (κ2) is 4.18. The fourth-order valence-electron chi connectivity index (χ4n) is 2.22. The summed E-state index contributed by atoms with van der Waals surface area (Å²) in [6, 6.07) is 0. The molecule has 0 aromatic rings. The highest BCUT2D eigenvalue weighted by Crippen LogP contribution is 2.19. The fraction of sp³-hybridized carbons (Fsp3) is 0.667. The normalized spacial score (nSPS) is 33.0. The van der Waals surface area contributed by atoms with Gasteiger partial charge >= 0.3 is 0 Å². The molecule has 1 fully saturated rings. The van der Waals surface area contributed by atoms with Crippen LogP contribution in [0.3, 0.4) is 0 Å². The molecule has 0 amide bonds. The molecule has 78 valence electrons. The highest BCUT2D eigenvalue weighted by atomic mass is 16.5. The fourth-order valence-corrected chi connectivity index (χ4v) is 2.22. The summed E-state index contributed by atoms with van der Waals surface area (Å²) in [6.07, 6.45) is 9.94. The zero-order chi connectivity index (χ0) is 9.97. The number of ether oxygens (including phenoxy) is 1. The molecule has 0 saturated carbocycles. The Morgan fingerprint density at radius 1 is 1.21 bits per heavy atom. The van der Waals surface area contributed by atoms with Crippen LogP contribution < -0.4 is 0 Å². The van der Waals surface area contributed by atoms with Gasteiger partial charge in [-0.1, -0.05) is 12.2 Å². The first-order chi connectivity index (χ1) is 6.75. The molecule has 1 saturated heterocycles. The predicted molar refractivity (Wildman–Crippen MR) is 58.0 cm³/mol. The first kappa shape index (κ1) is 9.78. The van der Waals surface area contributed by atoms with Crippen molar-refractivity contribution in [2.45, 2.75) is 38.9 Å². The molecule has 2 nitrogen and oxygen atoms in total. The standard InChI is InChI=1S/C12H19NO/c1-10-8-13(9-11(2)14-10)12-6-4-3-5-7-12/h4,6-7,10-11H,3,5,8-9H2,1-2H3/t10-,11+. The van der Waals surface area contributed by atoms with Crippen LogP contribution in [0.1, 0.15) is 26.7 Å². The summed E-state index contributed by atoms with van der Waals surface area (Å²) in [7, 11) is 0. The second-order valence-electron chi connectivity index (χ2n) is 4.27. The van der Waals surface area contributed by atoms with E-state index in [4.69, 9.17) is 4.74 Å². The van der Waals surface area contributed by atoms with Crippen molar-refractivity contribution in [1.29, 1.82) is 0 Å². The molecule has 2 rings (SSSR count). The van der Waals surface area contributed by atoms with Crippen molar-refractivity contribution in [1.82, 2.24) is 4.90 Å². The van der Waals surface area contributed by atoms with Gasteiger partial charge in [0.25, 0.3) is 0 Å². The minimum atomic E-state index is 0.356. The van der Waals surface area contributed by atoms with E-state index < -0.39 is 0 Å². The van der Waals surface area contributed by atoms with Gasteiger partial charge in [-0.15, -0.1) is 0 Å². The molecule has 14 heavy (non-hydrogen) atoms. The lowest BCUT2D eigenvalue weighted by molar-refractivity contribution is -0.0568. The number of morpholine rings is 1. The van der Waals surface area contributed by atoms with E-state index in [9.17, 15) is 0 Å². The first-order valence-electron chi connectivity index (χ1n) is 5.53. The van der Waals surface area contributed by atoms with Crippen molar-refractivity contribution < 1.29 is 4.74 Å². The Hall–Kier alpha value is -0.760. The van der Waals surface area contributed by atoms with Gasteiger partial charge in [-0.25, -0.2) is 0 Å². The largest absolute Gasteiger partial charge is 0.372 e. The van der Waals surface area contributed by atoms with E-state index in [0.717, 1.165) is 13.1 Å². The monoisotopic (exact) mass is 193 g/mol. The van der Waals surface area contributed by atoms with E-state index in [0.29, 0.717) is 12.2 Å². The van der Waals surface area contributed by atoms with E-state index >= 15 is 0 Å². The van der Waals surface area contributed by atoms with E-state index in [1.54, 1.807) is 0 Å². The average molecular weight is 193 g/mol. The Morgan fingerprint density at radius 2 is 1.93 bits per heavy atom. The quantitative estimate of drug-likeness (QED) is 0.633. The lowest BCUT2D eigenvalue weighted by Gasteiger charge is -2.37. The molecule has 2 heteroatoms. The molecule has 0 aromatic carbocycles. The Balaban J connectivity index is 2.02. The molecule has 0 unspecified atom stereocenters.